The number of piperazine rings is 1. The van der Waals surface area contributed by atoms with Crippen molar-refractivity contribution in [1.82, 2.24) is 9.80 Å². The minimum Gasteiger partial charge on any atom is -0.391 e. The quantitative estimate of drug-likeness (QED) is 0.682. The van der Waals surface area contributed by atoms with Gasteiger partial charge in [-0.2, -0.15) is 0 Å². The van der Waals surface area contributed by atoms with E-state index in [2.05, 4.69) is 66.7 Å². The molecule has 0 spiro atoms. The zero-order valence-electron chi connectivity index (χ0n) is 14.7. The minimum absolute atomic E-state index is 0.694. The molecular weight excluding hydrogens is 304 g/mol. The molecule has 0 aromatic heterocycles. The van der Waals surface area contributed by atoms with Crippen LogP contribution >= 0.6 is 0 Å². The molecule has 0 bridgehead atoms. The van der Waals surface area contributed by atoms with Crippen LogP contribution in [0.15, 0.2) is 36.0 Å². The highest BCUT2D eigenvalue weighted by Crippen LogP contribution is 2.16. The summed E-state index contributed by atoms with van der Waals surface area (Å²) in [6.45, 7) is 9.91. The summed E-state index contributed by atoms with van der Waals surface area (Å²) in [6.07, 6.45) is 3.07. The van der Waals surface area contributed by atoms with Gasteiger partial charge in [0.15, 0.2) is 0 Å². The molecule has 1 aromatic carbocycles. The molecule has 0 saturated carbocycles. The summed E-state index contributed by atoms with van der Waals surface area (Å²) in [5.74, 6) is 0. The van der Waals surface area contributed by atoms with Gasteiger partial charge in [0.2, 0.25) is 0 Å². The lowest BCUT2D eigenvalue weighted by atomic mass is 10.2. The molecular formula is C18H30N2O2Si. The maximum absolute atomic E-state index is 6.20. The van der Waals surface area contributed by atoms with Crippen LogP contribution in [0.2, 0.25) is 0 Å². The maximum Gasteiger partial charge on any atom is 0.379 e. The van der Waals surface area contributed by atoms with E-state index in [1.807, 2.05) is 6.07 Å². The average Bonchev–Trinajstić information content (AvgIpc) is 2.57. The number of hydrogen-bond donors (Lipinski definition) is 0. The Balaban J connectivity index is 2.11. The van der Waals surface area contributed by atoms with Gasteiger partial charge in [0, 0.05) is 45.6 Å². The van der Waals surface area contributed by atoms with Crippen LogP contribution in [0.3, 0.4) is 0 Å². The third-order valence-corrected chi connectivity index (χ3v) is 7.26. The lowest BCUT2D eigenvalue weighted by Gasteiger charge is -2.37. The van der Waals surface area contributed by atoms with Crippen LogP contribution in [0.1, 0.15) is 19.4 Å². The molecule has 1 heterocycles. The third-order valence-electron chi connectivity index (χ3n) is 4.15. The van der Waals surface area contributed by atoms with Crippen LogP contribution < -0.4 is 0 Å². The van der Waals surface area contributed by atoms with Gasteiger partial charge in [-0.25, -0.2) is 0 Å². The van der Waals surface area contributed by atoms with Gasteiger partial charge in [0.25, 0.3) is 0 Å². The normalized spacial score (nSPS) is 17.9. The third kappa shape index (κ3) is 5.86. The summed E-state index contributed by atoms with van der Waals surface area (Å²) in [7, 11) is -0.178. The Labute approximate surface area is 141 Å². The average molecular weight is 335 g/mol. The van der Waals surface area contributed by atoms with Gasteiger partial charge >= 0.3 is 8.56 Å². The van der Waals surface area contributed by atoms with Crippen molar-refractivity contribution in [3.05, 3.63) is 41.6 Å². The molecule has 1 aliphatic heterocycles. The molecule has 2 rings (SSSR count). The molecule has 0 N–H and O–H groups in total. The fourth-order valence-electron chi connectivity index (χ4n) is 2.88. The smallest absolute Gasteiger partial charge is 0.379 e. The minimum atomic E-state index is -2.36. The molecule has 4 nitrogen and oxygen atoms in total. The SMILES string of the molecule is CCO[Si](C=Cc1ccccc1)(CN1CCN(C)CC1)OCC. The molecule has 1 aliphatic rings. The van der Waals surface area contributed by atoms with Gasteiger partial charge in [-0.15, -0.1) is 0 Å². The van der Waals surface area contributed by atoms with E-state index in [1.54, 1.807) is 0 Å². The zero-order chi connectivity index (χ0) is 16.5. The molecule has 0 amide bonds. The molecule has 1 aromatic rings. The summed E-state index contributed by atoms with van der Waals surface area (Å²) in [5, 5.41) is 0. The van der Waals surface area contributed by atoms with E-state index in [-0.39, 0.29) is 0 Å². The van der Waals surface area contributed by atoms with Crippen LogP contribution in [0.5, 0.6) is 0 Å². The van der Waals surface area contributed by atoms with E-state index >= 15 is 0 Å². The Morgan fingerprint density at radius 3 is 2.17 bits per heavy atom. The summed E-state index contributed by atoms with van der Waals surface area (Å²) < 4.78 is 12.4. The molecule has 23 heavy (non-hydrogen) atoms. The van der Waals surface area contributed by atoms with Crippen molar-refractivity contribution in [1.29, 1.82) is 0 Å². The fourth-order valence-corrected chi connectivity index (χ4v) is 5.80. The molecule has 1 saturated heterocycles. The molecule has 1 fully saturated rings. The van der Waals surface area contributed by atoms with Gasteiger partial charge < -0.3 is 13.8 Å². The summed E-state index contributed by atoms with van der Waals surface area (Å²) >= 11 is 0. The number of hydrogen-bond acceptors (Lipinski definition) is 4. The van der Waals surface area contributed by atoms with Gasteiger partial charge in [-0.1, -0.05) is 36.4 Å². The molecule has 128 valence electrons. The monoisotopic (exact) mass is 334 g/mol. The van der Waals surface area contributed by atoms with Crippen LogP contribution in [0, 0.1) is 0 Å². The maximum atomic E-state index is 6.20. The van der Waals surface area contributed by atoms with E-state index in [4.69, 9.17) is 8.85 Å². The molecule has 0 atom stereocenters. The van der Waals surface area contributed by atoms with E-state index < -0.39 is 8.56 Å². The Kier molecular flexibility index (Phi) is 7.46. The first-order valence-corrected chi connectivity index (χ1v) is 10.7. The first-order valence-electron chi connectivity index (χ1n) is 8.60. The van der Waals surface area contributed by atoms with Crippen LogP contribution in [-0.4, -0.2) is 71.0 Å². The second-order valence-electron chi connectivity index (χ2n) is 6.00. The van der Waals surface area contributed by atoms with Crippen LogP contribution in [0.4, 0.5) is 0 Å². The second-order valence-corrected chi connectivity index (χ2v) is 8.85. The Hall–Kier alpha value is -0.983. The highest BCUT2D eigenvalue weighted by molar-refractivity contribution is 6.73. The van der Waals surface area contributed by atoms with E-state index in [9.17, 15) is 0 Å². The standard InChI is InChI=1S/C18H30N2O2Si/c1-4-21-23(22-5-2,16-11-18-9-7-6-8-10-18)17-20-14-12-19(3)13-15-20/h6-11,16H,4-5,12-15,17H2,1-3H3. The summed E-state index contributed by atoms with van der Waals surface area (Å²) in [4.78, 5) is 4.87. The van der Waals surface area contributed by atoms with Gasteiger partial charge in [-0.3, -0.25) is 4.90 Å². The summed E-state index contributed by atoms with van der Waals surface area (Å²) in [6, 6.07) is 10.4. The van der Waals surface area contributed by atoms with Crippen molar-refractivity contribution in [2.45, 2.75) is 13.8 Å². The zero-order valence-corrected chi connectivity index (χ0v) is 15.7. The number of nitrogens with zero attached hydrogens (tertiary/aromatic N) is 2. The Morgan fingerprint density at radius 2 is 1.61 bits per heavy atom. The van der Waals surface area contributed by atoms with Gasteiger partial charge in [-0.05, 0) is 32.2 Å². The fraction of sp³-hybridized carbons (Fsp3) is 0.556. The van der Waals surface area contributed by atoms with Gasteiger partial charge in [0.05, 0.1) is 0 Å². The molecule has 0 unspecified atom stereocenters. The number of likely N-dealkylation sites (N-methyl/N-ethyl adjacent to an activating group) is 1. The number of benzene rings is 1. The van der Waals surface area contributed by atoms with Crippen molar-refractivity contribution in [2.75, 3.05) is 52.6 Å². The summed E-state index contributed by atoms with van der Waals surface area (Å²) in [5.41, 5.74) is 3.41. The first kappa shape index (κ1) is 18.4. The van der Waals surface area contributed by atoms with Crippen molar-refractivity contribution in [2.24, 2.45) is 0 Å². The Bertz CT molecular complexity index is 467. The molecule has 0 aliphatic carbocycles. The van der Waals surface area contributed by atoms with Crippen molar-refractivity contribution >= 4 is 14.6 Å². The largest absolute Gasteiger partial charge is 0.391 e. The lowest BCUT2D eigenvalue weighted by Crippen LogP contribution is -2.56. The van der Waals surface area contributed by atoms with Gasteiger partial charge in [0.1, 0.15) is 0 Å². The molecule has 5 heteroatoms. The van der Waals surface area contributed by atoms with Crippen molar-refractivity contribution in [3.63, 3.8) is 0 Å². The topological polar surface area (TPSA) is 24.9 Å². The van der Waals surface area contributed by atoms with Crippen molar-refractivity contribution in [3.8, 4) is 0 Å². The van der Waals surface area contributed by atoms with E-state index in [0.717, 1.165) is 32.3 Å². The van der Waals surface area contributed by atoms with Crippen LogP contribution in [0.25, 0.3) is 6.08 Å². The highest BCUT2D eigenvalue weighted by Gasteiger charge is 2.37. The lowest BCUT2D eigenvalue weighted by molar-refractivity contribution is 0.134. The Morgan fingerprint density at radius 1 is 1.00 bits per heavy atom. The van der Waals surface area contributed by atoms with Crippen LogP contribution in [-0.2, 0) is 8.85 Å². The predicted octanol–water partition coefficient (Wildman–Crippen LogP) is 2.54. The van der Waals surface area contributed by atoms with E-state index in [0.29, 0.717) is 13.2 Å². The molecule has 0 radical (unpaired) electrons. The van der Waals surface area contributed by atoms with Crippen molar-refractivity contribution < 1.29 is 8.85 Å². The first-order chi connectivity index (χ1) is 11.2. The second kappa shape index (κ2) is 9.35. The highest BCUT2D eigenvalue weighted by atomic mass is 28.4. The number of rotatable bonds is 8. The predicted molar refractivity (Wildman–Crippen MR) is 98.4 cm³/mol. The van der Waals surface area contributed by atoms with E-state index in [1.165, 1.54) is 5.56 Å².